The van der Waals surface area contributed by atoms with Gasteiger partial charge in [0, 0.05) is 22.6 Å². The van der Waals surface area contributed by atoms with Crippen molar-refractivity contribution in [2.45, 2.75) is 59.6 Å². The first-order valence-corrected chi connectivity index (χ1v) is 11.7. The van der Waals surface area contributed by atoms with Crippen LogP contribution < -0.4 is 10.1 Å². The van der Waals surface area contributed by atoms with E-state index in [0.717, 1.165) is 40.2 Å². The Balaban J connectivity index is 2.14. The molecule has 0 aliphatic rings. The van der Waals surface area contributed by atoms with E-state index >= 15 is 0 Å². The summed E-state index contributed by atoms with van der Waals surface area (Å²) in [7, 11) is 0. The molecule has 174 valence electrons. The fraction of sp³-hybridized carbons (Fsp3) is 0.440. The van der Waals surface area contributed by atoms with Crippen LogP contribution in [0.1, 0.15) is 57.9 Å². The normalized spacial score (nSPS) is 12.0. The van der Waals surface area contributed by atoms with E-state index in [1.165, 1.54) is 0 Å². The summed E-state index contributed by atoms with van der Waals surface area (Å²) in [6, 6.07) is 7.82. The monoisotopic (exact) mass is 459 g/mol. The molecule has 1 aromatic heterocycles. The Labute approximate surface area is 194 Å². The van der Waals surface area contributed by atoms with E-state index in [4.69, 9.17) is 14.6 Å². The molecule has 0 aliphatic carbocycles. The largest absolute Gasteiger partial charge is 0.493 e. The number of rotatable bonds is 11. The minimum atomic E-state index is -0.941. The van der Waals surface area contributed by atoms with Gasteiger partial charge in [-0.15, -0.1) is 11.3 Å². The van der Waals surface area contributed by atoms with Crippen molar-refractivity contribution < 1.29 is 24.2 Å². The third kappa shape index (κ3) is 8.48. The maximum atomic E-state index is 11.9. The van der Waals surface area contributed by atoms with E-state index < -0.39 is 11.6 Å². The number of unbranched alkanes of at least 4 members (excludes halogenated alkanes) is 1. The minimum Gasteiger partial charge on any atom is -0.493 e. The number of carbonyl (C=O) groups is 2. The maximum Gasteiger partial charge on any atom is 0.331 e. The summed E-state index contributed by atoms with van der Waals surface area (Å²) in [5.74, 6) is -0.485. The molecule has 2 rings (SSSR count). The first kappa shape index (κ1) is 25.6. The van der Waals surface area contributed by atoms with Crippen molar-refractivity contribution in [1.82, 2.24) is 5.32 Å². The predicted molar refractivity (Wildman–Crippen MR) is 129 cm³/mol. The number of nitrogens with one attached hydrogen (secondary N) is 1. The number of hydrogen-bond donors (Lipinski definition) is 2. The van der Waals surface area contributed by atoms with Gasteiger partial charge in [-0.1, -0.05) is 25.5 Å². The maximum absolute atomic E-state index is 11.9. The Morgan fingerprint density at radius 2 is 1.97 bits per heavy atom. The predicted octanol–water partition coefficient (Wildman–Crippen LogP) is 5.51. The molecule has 0 unspecified atom stereocenters. The van der Waals surface area contributed by atoms with E-state index in [-0.39, 0.29) is 18.1 Å². The van der Waals surface area contributed by atoms with E-state index in [1.807, 2.05) is 39.0 Å². The van der Waals surface area contributed by atoms with Crippen LogP contribution >= 0.6 is 11.3 Å². The quantitative estimate of drug-likeness (QED) is 0.262. The van der Waals surface area contributed by atoms with Crippen molar-refractivity contribution in [3.8, 4) is 16.9 Å². The number of thiophene rings is 1. The summed E-state index contributed by atoms with van der Waals surface area (Å²) < 4.78 is 11.3. The Morgan fingerprint density at radius 3 is 2.62 bits per heavy atom. The van der Waals surface area contributed by atoms with Gasteiger partial charge in [-0.2, -0.15) is 0 Å². The van der Waals surface area contributed by atoms with E-state index in [1.54, 1.807) is 24.3 Å². The van der Waals surface area contributed by atoms with Crippen LogP contribution in [0.3, 0.4) is 0 Å². The summed E-state index contributed by atoms with van der Waals surface area (Å²) in [4.78, 5) is 24.1. The van der Waals surface area contributed by atoms with Gasteiger partial charge >= 0.3 is 11.9 Å². The van der Waals surface area contributed by atoms with Crippen molar-refractivity contribution in [1.29, 1.82) is 0 Å². The van der Waals surface area contributed by atoms with Crippen molar-refractivity contribution in [3.63, 3.8) is 0 Å². The molecule has 0 saturated carbocycles. The lowest BCUT2D eigenvalue weighted by atomic mass is 10.0. The summed E-state index contributed by atoms with van der Waals surface area (Å²) in [6.45, 7) is 10.5. The second-order valence-corrected chi connectivity index (χ2v) is 9.58. The molecule has 0 atom stereocenters. The molecule has 32 heavy (non-hydrogen) atoms. The van der Waals surface area contributed by atoms with Crippen LogP contribution in [0.4, 0.5) is 0 Å². The molecule has 2 N–H and O–H groups in total. The molecule has 7 heteroatoms. The van der Waals surface area contributed by atoms with Crippen LogP contribution in [0.25, 0.3) is 17.2 Å². The number of carboxylic acids is 1. The van der Waals surface area contributed by atoms with Gasteiger partial charge in [0.25, 0.3) is 0 Å². The molecule has 1 aromatic carbocycles. The fourth-order valence-corrected chi connectivity index (χ4v) is 3.76. The Morgan fingerprint density at radius 1 is 1.22 bits per heavy atom. The standard InChI is InChI=1S/C25H33NO5S/c1-6-7-10-30-22-12-18(11-17(2)24(28)29)8-9-21(22)19-13-20(32-16-19)14-26-15-23(27)31-25(3,4)5/h8-9,11-13,16,26H,6-7,10,14-15H2,1-5H3,(H,28,29). The van der Waals surface area contributed by atoms with Crippen molar-refractivity contribution in [2.24, 2.45) is 0 Å². The lowest BCUT2D eigenvalue weighted by molar-refractivity contribution is -0.153. The van der Waals surface area contributed by atoms with Gasteiger partial charge in [-0.25, -0.2) is 4.79 Å². The second kappa shape index (κ2) is 11.8. The molecule has 0 radical (unpaired) electrons. The first-order chi connectivity index (χ1) is 15.1. The van der Waals surface area contributed by atoms with Crippen LogP contribution in [0.15, 0.2) is 35.2 Å². The molecule has 0 bridgehead atoms. The number of ether oxygens (including phenoxy) is 2. The Hall–Kier alpha value is -2.64. The van der Waals surface area contributed by atoms with E-state index in [2.05, 4.69) is 23.7 Å². The first-order valence-electron chi connectivity index (χ1n) is 10.8. The molecule has 6 nitrogen and oxygen atoms in total. The number of carboxylic acid groups (broad SMARTS) is 1. The van der Waals surface area contributed by atoms with Crippen molar-refractivity contribution in [3.05, 3.63) is 45.7 Å². The number of hydrogen-bond acceptors (Lipinski definition) is 6. The van der Waals surface area contributed by atoms with Crippen LogP contribution in [0.5, 0.6) is 5.75 Å². The second-order valence-electron chi connectivity index (χ2n) is 8.58. The zero-order chi connectivity index (χ0) is 23.7. The number of benzene rings is 1. The fourth-order valence-electron chi connectivity index (χ4n) is 2.90. The SMILES string of the molecule is CCCCOc1cc(C=C(C)C(=O)O)ccc1-c1csc(CNCC(=O)OC(C)(C)C)c1. The van der Waals surface area contributed by atoms with Crippen molar-refractivity contribution >= 4 is 29.4 Å². The molecule has 0 saturated heterocycles. The van der Waals surface area contributed by atoms with Gasteiger partial charge in [0.2, 0.25) is 0 Å². The van der Waals surface area contributed by atoms with Gasteiger partial charge in [-0.3, -0.25) is 4.79 Å². The minimum absolute atomic E-state index is 0.153. The number of carbonyl (C=O) groups excluding carboxylic acids is 1. The highest BCUT2D eigenvalue weighted by Crippen LogP contribution is 2.34. The van der Waals surface area contributed by atoms with Gasteiger partial charge in [-0.05, 0) is 68.8 Å². The van der Waals surface area contributed by atoms with E-state index in [9.17, 15) is 9.59 Å². The summed E-state index contributed by atoms with van der Waals surface area (Å²) in [5, 5.41) is 14.3. The topological polar surface area (TPSA) is 84.9 Å². The Bertz CT molecular complexity index is 955. The van der Waals surface area contributed by atoms with Crippen molar-refractivity contribution in [2.75, 3.05) is 13.2 Å². The number of esters is 1. The zero-order valence-electron chi connectivity index (χ0n) is 19.5. The van der Waals surface area contributed by atoms with Crippen LogP contribution in [-0.4, -0.2) is 35.8 Å². The van der Waals surface area contributed by atoms with Gasteiger partial charge in [0.05, 0.1) is 13.2 Å². The number of aliphatic carboxylic acids is 1. The zero-order valence-corrected chi connectivity index (χ0v) is 20.3. The average Bonchev–Trinajstić information content (AvgIpc) is 3.15. The summed E-state index contributed by atoms with van der Waals surface area (Å²) >= 11 is 1.61. The highest BCUT2D eigenvalue weighted by Gasteiger charge is 2.16. The molecule has 0 fully saturated rings. The van der Waals surface area contributed by atoms with Gasteiger partial charge in [0.1, 0.15) is 11.4 Å². The molecule has 0 aliphatic heterocycles. The lowest BCUT2D eigenvalue weighted by Crippen LogP contribution is -2.31. The molecule has 2 aromatic rings. The van der Waals surface area contributed by atoms with Crippen LogP contribution in [0, 0.1) is 0 Å². The lowest BCUT2D eigenvalue weighted by Gasteiger charge is -2.19. The third-order valence-electron chi connectivity index (χ3n) is 4.43. The molecule has 1 heterocycles. The van der Waals surface area contributed by atoms with E-state index in [0.29, 0.717) is 13.2 Å². The smallest absolute Gasteiger partial charge is 0.331 e. The third-order valence-corrected chi connectivity index (χ3v) is 5.37. The average molecular weight is 460 g/mol. The Kier molecular flexibility index (Phi) is 9.47. The molecular weight excluding hydrogens is 426 g/mol. The molecule has 0 spiro atoms. The highest BCUT2D eigenvalue weighted by atomic mass is 32.1. The summed E-state index contributed by atoms with van der Waals surface area (Å²) in [5.41, 5.74) is 2.55. The molecule has 0 amide bonds. The highest BCUT2D eigenvalue weighted by molar-refractivity contribution is 7.10. The van der Waals surface area contributed by atoms with Crippen LogP contribution in [0.2, 0.25) is 0 Å². The summed E-state index contributed by atoms with van der Waals surface area (Å²) in [6.07, 6.45) is 3.61. The van der Waals surface area contributed by atoms with Gasteiger partial charge < -0.3 is 19.9 Å². The molecular formula is C25H33NO5S. The van der Waals surface area contributed by atoms with Gasteiger partial charge in [0.15, 0.2) is 0 Å². The van der Waals surface area contributed by atoms with Crippen LogP contribution in [-0.2, 0) is 20.9 Å².